The Morgan fingerprint density at radius 1 is 1.62 bits per heavy atom. The largest absolute Gasteiger partial charge is 0.394 e. The molecule has 1 N–H and O–H groups in total. The lowest BCUT2D eigenvalue weighted by atomic mass is 10.2. The van der Waals surface area contributed by atoms with Gasteiger partial charge in [0.2, 0.25) is 0 Å². The summed E-state index contributed by atoms with van der Waals surface area (Å²) >= 11 is 0. The van der Waals surface area contributed by atoms with E-state index in [1.165, 1.54) is 6.42 Å². The van der Waals surface area contributed by atoms with Gasteiger partial charge in [0.25, 0.3) is 0 Å². The van der Waals surface area contributed by atoms with Gasteiger partial charge in [-0.25, -0.2) is 0 Å². The summed E-state index contributed by atoms with van der Waals surface area (Å²) in [5.74, 6) is 1.53. The standard InChI is InChI=1S/C6H10O2/c7-2-6-5-1-4(5)3-8-6/h4-7H,1-3H2. The zero-order valence-electron chi connectivity index (χ0n) is 4.71. The fraction of sp³-hybridized carbons (Fsp3) is 1.00. The molecule has 2 rings (SSSR count). The first-order chi connectivity index (χ1) is 3.92. The Kier molecular flexibility index (Phi) is 0.866. The van der Waals surface area contributed by atoms with Crippen molar-refractivity contribution in [2.45, 2.75) is 12.5 Å². The van der Waals surface area contributed by atoms with E-state index in [1.807, 2.05) is 0 Å². The third-order valence-electron chi connectivity index (χ3n) is 2.16. The zero-order valence-corrected chi connectivity index (χ0v) is 4.71. The van der Waals surface area contributed by atoms with Crippen molar-refractivity contribution >= 4 is 0 Å². The molecule has 2 nitrogen and oxygen atoms in total. The first kappa shape index (κ1) is 4.77. The molecule has 1 aliphatic carbocycles. The Labute approximate surface area is 48.5 Å². The molecular weight excluding hydrogens is 104 g/mol. The maximum Gasteiger partial charge on any atom is 0.0837 e. The van der Waals surface area contributed by atoms with Crippen LogP contribution < -0.4 is 0 Å². The molecule has 0 aromatic heterocycles. The summed E-state index contributed by atoms with van der Waals surface area (Å²) in [5, 5.41) is 8.64. The third-order valence-corrected chi connectivity index (χ3v) is 2.16. The van der Waals surface area contributed by atoms with Gasteiger partial charge >= 0.3 is 0 Å². The third kappa shape index (κ3) is 0.501. The summed E-state index contributed by atoms with van der Waals surface area (Å²) in [7, 11) is 0. The van der Waals surface area contributed by atoms with Crippen LogP contribution in [0.15, 0.2) is 0 Å². The highest BCUT2D eigenvalue weighted by Gasteiger charge is 2.48. The van der Waals surface area contributed by atoms with Crippen LogP contribution in [-0.2, 0) is 4.74 Å². The second-order valence-electron chi connectivity index (χ2n) is 2.71. The molecule has 0 amide bonds. The van der Waals surface area contributed by atoms with Crippen LogP contribution in [0.2, 0.25) is 0 Å². The first-order valence-electron chi connectivity index (χ1n) is 3.14. The molecule has 3 unspecified atom stereocenters. The summed E-state index contributed by atoms with van der Waals surface area (Å²) in [6.07, 6.45) is 1.49. The molecule has 0 aromatic carbocycles. The molecule has 0 bridgehead atoms. The van der Waals surface area contributed by atoms with E-state index in [-0.39, 0.29) is 12.7 Å². The lowest BCUT2D eigenvalue weighted by Crippen LogP contribution is -2.14. The average molecular weight is 114 g/mol. The van der Waals surface area contributed by atoms with Crippen molar-refractivity contribution in [1.82, 2.24) is 0 Å². The van der Waals surface area contributed by atoms with Crippen molar-refractivity contribution in [3.8, 4) is 0 Å². The Balaban J connectivity index is 1.97. The van der Waals surface area contributed by atoms with Crippen molar-refractivity contribution in [2.75, 3.05) is 13.2 Å². The van der Waals surface area contributed by atoms with E-state index in [0.29, 0.717) is 0 Å². The maximum atomic E-state index is 8.64. The minimum Gasteiger partial charge on any atom is -0.394 e. The fourth-order valence-corrected chi connectivity index (χ4v) is 1.48. The predicted octanol–water partition coefficient (Wildman–Crippen LogP) is 0.0136. The number of rotatable bonds is 1. The molecule has 1 saturated heterocycles. The molecule has 0 radical (unpaired) electrons. The highest BCUT2D eigenvalue weighted by molar-refractivity contribution is 4.96. The van der Waals surface area contributed by atoms with Gasteiger partial charge in [0.15, 0.2) is 0 Å². The fourth-order valence-electron chi connectivity index (χ4n) is 1.48. The number of aliphatic hydroxyl groups excluding tert-OH is 1. The van der Waals surface area contributed by atoms with E-state index < -0.39 is 0 Å². The number of hydrogen-bond donors (Lipinski definition) is 1. The topological polar surface area (TPSA) is 29.5 Å². The van der Waals surface area contributed by atoms with Crippen LogP contribution in [0.5, 0.6) is 0 Å². The highest BCUT2D eigenvalue weighted by atomic mass is 16.5. The Hall–Kier alpha value is -0.0800. The van der Waals surface area contributed by atoms with Crippen molar-refractivity contribution in [1.29, 1.82) is 0 Å². The van der Waals surface area contributed by atoms with Gasteiger partial charge in [0.05, 0.1) is 19.3 Å². The Morgan fingerprint density at radius 2 is 2.50 bits per heavy atom. The minimum atomic E-state index is 0.194. The van der Waals surface area contributed by atoms with E-state index in [0.717, 1.165) is 18.4 Å². The molecule has 2 aliphatic rings. The lowest BCUT2D eigenvalue weighted by molar-refractivity contribution is 0.0342. The SMILES string of the molecule is OCC1OCC2CC21. The van der Waals surface area contributed by atoms with Crippen LogP contribution in [0.1, 0.15) is 6.42 Å². The number of ether oxygens (including phenoxy) is 1. The van der Waals surface area contributed by atoms with Crippen molar-refractivity contribution in [3.63, 3.8) is 0 Å². The highest BCUT2D eigenvalue weighted by Crippen LogP contribution is 2.47. The molecule has 3 atom stereocenters. The van der Waals surface area contributed by atoms with Crippen molar-refractivity contribution < 1.29 is 9.84 Å². The van der Waals surface area contributed by atoms with Crippen molar-refractivity contribution in [3.05, 3.63) is 0 Å². The van der Waals surface area contributed by atoms with Crippen LogP contribution in [0.3, 0.4) is 0 Å². The molecule has 46 valence electrons. The van der Waals surface area contributed by atoms with Gasteiger partial charge in [0, 0.05) is 0 Å². The van der Waals surface area contributed by atoms with Gasteiger partial charge in [-0.2, -0.15) is 0 Å². The molecule has 0 spiro atoms. The monoisotopic (exact) mass is 114 g/mol. The van der Waals surface area contributed by atoms with Crippen molar-refractivity contribution in [2.24, 2.45) is 11.8 Å². The number of fused-ring (bicyclic) bond motifs is 1. The van der Waals surface area contributed by atoms with E-state index in [2.05, 4.69) is 0 Å². The predicted molar refractivity (Wildman–Crippen MR) is 28.4 cm³/mol. The number of aliphatic hydroxyl groups is 1. The van der Waals surface area contributed by atoms with Gasteiger partial charge in [-0.15, -0.1) is 0 Å². The van der Waals surface area contributed by atoms with Crippen LogP contribution in [0, 0.1) is 11.8 Å². The van der Waals surface area contributed by atoms with Crippen LogP contribution in [0.25, 0.3) is 0 Å². The number of hydrogen-bond acceptors (Lipinski definition) is 2. The van der Waals surface area contributed by atoms with E-state index in [4.69, 9.17) is 9.84 Å². The molecule has 8 heavy (non-hydrogen) atoms. The minimum absolute atomic E-state index is 0.194. The molecule has 0 aromatic rings. The summed E-state index contributed by atoms with van der Waals surface area (Å²) in [6, 6.07) is 0. The zero-order chi connectivity index (χ0) is 5.56. The first-order valence-corrected chi connectivity index (χ1v) is 3.14. The lowest BCUT2D eigenvalue weighted by Gasteiger charge is -2.05. The summed E-state index contributed by atoms with van der Waals surface area (Å²) in [6.45, 7) is 1.12. The van der Waals surface area contributed by atoms with E-state index in [1.54, 1.807) is 0 Å². The molecular formula is C6H10O2. The molecule has 1 aliphatic heterocycles. The normalized spacial score (nSPS) is 51.4. The Bertz CT molecular complexity index is 103. The molecule has 1 saturated carbocycles. The van der Waals surface area contributed by atoms with Crippen LogP contribution in [-0.4, -0.2) is 24.4 Å². The van der Waals surface area contributed by atoms with E-state index in [9.17, 15) is 0 Å². The molecule has 2 heteroatoms. The van der Waals surface area contributed by atoms with Gasteiger partial charge in [-0.3, -0.25) is 0 Å². The molecule has 1 heterocycles. The quantitative estimate of drug-likeness (QED) is 0.520. The average Bonchev–Trinajstić information content (AvgIpc) is 2.46. The smallest absolute Gasteiger partial charge is 0.0837 e. The summed E-state index contributed by atoms with van der Waals surface area (Å²) < 4.78 is 5.21. The Morgan fingerprint density at radius 3 is 2.75 bits per heavy atom. The summed E-state index contributed by atoms with van der Waals surface area (Å²) in [4.78, 5) is 0. The molecule has 2 fully saturated rings. The van der Waals surface area contributed by atoms with E-state index >= 15 is 0 Å². The van der Waals surface area contributed by atoms with Gasteiger partial charge in [-0.05, 0) is 18.3 Å². The van der Waals surface area contributed by atoms with Crippen LogP contribution >= 0.6 is 0 Å². The van der Waals surface area contributed by atoms with Crippen LogP contribution in [0.4, 0.5) is 0 Å². The van der Waals surface area contributed by atoms with Gasteiger partial charge in [-0.1, -0.05) is 0 Å². The van der Waals surface area contributed by atoms with Gasteiger partial charge in [0.1, 0.15) is 0 Å². The van der Waals surface area contributed by atoms with Gasteiger partial charge < -0.3 is 9.84 Å². The second-order valence-corrected chi connectivity index (χ2v) is 2.71. The maximum absolute atomic E-state index is 8.64. The summed E-state index contributed by atoms with van der Waals surface area (Å²) in [5.41, 5.74) is 0. The second kappa shape index (κ2) is 1.45.